The van der Waals surface area contributed by atoms with E-state index in [1.54, 1.807) is 5.01 Å². The minimum absolute atomic E-state index is 0.00164. The van der Waals surface area contributed by atoms with Crippen molar-refractivity contribution in [3.05, 3.63) is 0 Å². The molecule has 3 atom stereocenters. The SMILES string of the molecule is C=NN(CC1CCC(F)(F)C1)C(C)[C@H](C)OCC. The molecule has 2 unspecified atom stereocenters. The van der Waals surface area contributed by atoms with Gasteiger partial charge in [0.2, 0.25) is 5.92 Å². The Balaban J connectivity index is 2.49. The molecule has 1 rings (SSSR count). The zero-order chi connectivity index (χ0) is 13.8. The lowest BCUT2D eigenvalue weighted by molar-refractivity contribution is -0.00748. The normalized spacial score (nSPS) is 25.7. The average Bonchev–Trinajstić information content (AvgIpc) is 2.65. The highest BCUT2D eigenvalue weighted by atomic mass is 19.3. The Kier molecular flexibility index (Phi) is 5.50. The maximum absolute atomic E-state index is 13.1. The van der Waals surface area contributed by atoms with Crippen LogP contribution < -0.4 is 0 Å². The zero-order valence-electron chi connectivity index (χ0n) is 11.5. The molecular formula is C13H24F2N2O. The van der Waals surface area contributed by atoms with Gasteiger partial charge in [-0.25, -0.2) is 8.78 Å². The number of hydrogen-bond donors (Lipinski definition) is 0. The van der Waals surface area contributed by atoms with Gasteiger partial charge in [0, 0.05) is 32.7 Å². The Morgan fingerprint density at radius 1 is 1.50 bits per heavy atom. The first-order valence-corrected chi connectivity index (χ1v) is 6.62. The molecule has 1 aliphatic carbocycles. The lowest BCUT2D eigenvalue weighted by atomic mass is 10.1. The van der Waals surface area contributed by atoms with Crippen LogP contribution in [-0.4, -0.2) is 42.9 Å². The van der Waals surface area contributed by atoms with E-state index in [1.165, 1.54) is 0 Å². The molecule has 5 heteroatoms. The summed E-state index contributed by atoms with van der Waals surface area (Å²) in [6.45, 7) is 10.6. The molecule has 0 heterocycles. The van der Waals surface area contributed by atoms with Gasteiger partial charge in [-0.2, -0.15) is 5.10 Å². The summed E-state index contributed by atoms with van der Waals surface area (Å²) in [6, 6.07) is 0.0525. The number of hydrogen-bond acceptors (Lipinski definition) is 3. The zero-order valence-corrected chi connectivity index (χ0v) is 11.5. The van der Waals surface area contributed by atoms with Gasteiger partial charge in [0.15, 0.2) is 0 Å². The first kappa shape index (κ1) is 15.3. The number of alkyl halides is 2. The van der Waals surface area contributed by atoms with Crippen LogP contribution in [0.25, 0.3) is 0 Å². The summed E-state index contributed by atoms with van der Waals surface area (Å²) in [5, 5.41) is 5.75. The molecule has 0 N–H and O–H groups in total. The summed E-state index contributed by atoms with van der Waals surface area (Å²) in [5.41, 5.74) is 0. The molecule has 1 saturated carbocycles. The molecule has 1 fully saturated rings. The van der Waals surface area contributed by atoms with Crippen molar-refractivity contribution in [2.75, 3.05) is 13.2 Å². The van der Waals surface area contributed by atoms with Gasteiger partial charge in [0.05, 0.1) is 12.1 Å². The average molecular weight is 262 g/mol. The molecule has 0 aliphatic heterocycles. The Morgan fingerprint density at radius 2 is 2.17 bits per heavy atom. The van der Waals surface area contributed by atoms with E-state index in [0.29, 0.717) is 19.6 Å². The molecule has 0 spiro atoms. The van der Waals surface area contributed by atoms with Crippen molar-refractivity contribution in [1.82, 2.24) is 5.01 Å². The van der Waals surface area contributed by atoms with Crippen molar-refractivity contribution in [3.8, 4) is 0 Å². The molecule has 18 heavy (non-hydrogen) atoms. The first-order chi connectivity index (χ1) is 8.39. The Morgan fingerprint density at radius 3 is 2.61 bits per heavy atom. The molecule has 3 nitrogen and oxygen atoms in total. The highest BCUT2D eigenvalue weighted by molar-refractivity contribution is 5.22. The lowest BCUT2D eigenvalue weighted by Crippen LogP contribution is -2.40. The second kappa shape index (κ2) is 6.45. The molecule has 1 aliphatic rings. The van der Waals surface area contributed by atoms with Crippen LogP contribution in [0.5, 0.6) is 0 Å². The summed E-state index contributed by atoms with van der Waals surface area (Å²) in [5.74, 6) is -2.49. The smallest absolute Gasteiger partial charge is 0.248 e. The van der Waals surface area contributed by atoms with E-state index in [4.69, 9.17) is 4.74 Å². The van der Waals surface area contributed by atoms with Gasteiger partial charge in [-0.1, -0.05) is 0 Å². The third-order valence-electron chi connectivity index (χ3n) is 3.71. The Bertz CT molecular complexity index is 274. The minimum atomic E-state index is -2.49. The fraction of sp³-hybridized carbons (Fsp3) is 0.923. The number of ether oxygens (including phenoxy) is 1. The van der Waals surface area contributed by atoms with Crippen LogP contribution in [0.4, 0.5) is 8.78 Å². The number of hydrazone groups is 1. The fourth-order valence-electron chi connectivity index (χ4n) is 2.46. The molecule has 0 radical (unpaired) electrons. The first-order valence-electron chi connectivity index (χ1n) is 6.62. The molecule has 0 aromatic carbocycles. The van der Waals surface area contributed by atoms with E-state index in [1.807, 2.05) is 20.8 Å². The van der Waals surface area contributed by atoms with E-state index in [2.05, 4.69) is 11.8 Å². The minimum Gasteiger partial charge on any atom is -0.377 e. The number of halogens is 2. The van der Waals surface area contributed by atoms with Crippen molar-refractivity contribution in [3.63, 3.8) is 0 Å². The third kappa shape index (κ3) is 4.19. The van der Waals surface area contributed by atoms with Crippen LogP contribution in [0.3, 0.4) is 0 Å². The van der Waals surface area contributed by atoms with Gasteiger partial charge in [0.1, 0.15) is 0 Å². The number of rotatable bonds is 7. The summed E-state index contributed by atoms with van der Waals surface area (Å²) < 4.78 is 31.8. The van der Waals surface area contributed by atoms with Gasteiger partial charge >= 0.3 is 0 Å². The van der Waals surface area contributed by atoms with Gasteiger partial charge in [-0.05, 0) is 33.1 Å². The molecule has 0 aromatic heterocycles. The van der Waals surface area contributed by atoms with Gasteiger partial charge in [-0.3, -0.25) is 5.01 Å². The largest absolute Gasteiger partial charge is 0.377 e. The highest BCUT2D eigenvalue weighted by Gasteiger charge is 2.40. The predicted octanol–water partition coefficient (Wildman–Crippen LogP) is 3.15. The quantitative estimate of drug-likeness (QED) is 0.520. The van der Waals surface area contributed by atoms with Gasteiger partial charge < -0.3 is 4.74 Å². The standard InChI is InChI=1S/C13H24F2N2O/c1-5-18-11(3)10(2)17(16-4)9-12-6-7-13(14,15)8-12/h10-12H,4-9H2,1-3H3/t10?,11-,12?/m0/s1. The van der Waals surface area contributed by atoms with E-state index in [0.717, 1.165) is 0 Å². The maximum Gasteiger partial charge on any atom is 0.248 e. The summed E-state index contributed by atoms with van der Waals surface area (Å²) in [7, 11) is 0. The van der Waals surface area contributed by atoms with Crippen LogP contribution in [-0.2, 0) is 4.74 Å². The van der Waals surface area contributed by atoms with E-state index in [9.17, 15) is 8.78 Å². The molecule has 0 aromatic rings. The summed E-state index contributed by atoms with van der Waals surface area (Å²) >= 11 is 0. The molecular weight excluding hydrogens is 238 g/mol. The van der Waals surface area contributed by atoms with Crippen molar-refractivity contribution >= 4 is 6.72 Å². The number of nitrogens with zero attached hydrogens (tertiary/aromatic N) is 2. The second-order valence-electron chi connectivity index (χ2n) is 5.13. The predicted molar refractivity (Wildman–Crippen MR) is 69.1 cm³/mol. The third-order valence-corrected chi connectivity index (χ3v) is 3.71. The van der Waals surface area contributed by atoms with Crippen molar-refractivity contribution in [1.29, 1.82) is 0 Å². The van der Waals surface area contributed by atoms with Gasteiger partial charge in [0.25, 0.3) is 0 Å². The van der Waals surface area contributed by atoms with Crippen LogP contribution in [0.2, 0.25) is 0 Å². The molecule has 0 bridgehead atoms. The van der Waals surface area contributed by atoms with Crippen molar-refractivity contribution in [2.24, 2.45) is 11.0 Å². The Hall–Kier alpha value is -0.710. The van der Waals surface area contributed by atoms with Crippen molar-refractivity contribution in [2.45, 2.75) is 58.1 Å². The van der Waals surface area contributed by atoms with Crippen LogP contribution in [0.15, 0.2) is 5.10 Å². The topological polar surface area (TPSA) is 24.8 Å². The monoisotopic (exact) mass is 262 g/mol. The van der Waals surface area contributed by atoms with Crippen LogP contribution >= 0.6 is 0 Å². The lowest BCUT2D eigenvalue weighted by Gasteiger charge is -2.32. The molecule has 106 valence electrons. The van der Waals surface area contributed by atoms with E-state index < -0.39 is 5.92 Å². The van der Waals surface area contributed by atoms with Crippen LogP contribution in [0.1, 0.15) is 40.0 Å². The van der Waals surface area contributed by atoms with Crippen molar-refractivity contribution < 1.29 is 13.5 Å². The summed E-state index contributed by atoms with van der Waals surface area (Å²) in [6.07, 6.45) is 0.545. The fourth-order valence-corrected chi connectivity index (χ4v) is 2.46. The van der Waals surface area contributed by atoms with Crippen LogP contribution in [0, 0.1) is 5.92 Å². The highest BCUT2D eigenvalue weighted by Crippen LogP contribution is 2.39. The molecule has 0 amide bonds. The van der Waals surface area contributed by atoms with E-state index >= 15 is 0 Å². The second-order valence-corrected chi connectivity index (χ2v) is 5.13. The maximum atomic E-state index is 13.1. The summed E-state index contributed by atoms with van der Waals surface area (Å²) in [4.78, 5) is 0. The van der Waals surface area contributed by atoms with E-state index in [-0.39, 0.29) is 30.9 Å². The van der Waals surface area contributed by atoms with Gasteiger partial charge in [-0.15, -0.1) is 0 Å². The molecule has 0 saturated heterocycles. The Labute approximate surface area is 108 Å².